The number of aromatic nitrogens is 2. The highest BCUT2D eigenvalue weighted by molar-refractivity contribution is 7.93. The Labute approximate surface area is 237 Å². The van der Waals surface area contributed by atoms with Crippen molar-refractivity contribution in [3.8, 4) is 11.3 Å². The number of benzene rings is 3. The minimum atomic E-state index is -4.02. The maximum absolute atomic E-state index is 13.2. The number of nitro benzene ring substituents is 1. The summed E-state index contributed by atoms with van der Waals surface area (Å²) in [5, 5.41) is 13.8. The number of esters is 1. The molecule has 0 spiro atoms. The number of para-hydroxylation sites is 1. The molecule has 13 heteroatoms. The van der Waals surface area contributed by atoms with E-state index in [0.29, 0.717) is 33.5 Å². The maximum atomic E-state index is 13.2. The molecule has 0 atom stereocenters. The van der Waals surface area contributed by atoms with E-state index < -0.39 is 33.2 Å². The van der Waals surface area contributed by atoms with Gasteiger partial charge in [-0.1, -0.05) is 59.9 Å². The van der Waals surface area contributed by atoms with Crippen molar-refractivity contribution >= 4 is 54.8 Å². The molecular formula is C28H20N4O7S2. The molecule has 0 fully saturated rings. The van der Waals surface area contributed by atoms with Crippen LogP contribution in [0.1, 0.15) is 15.9 Å². The van der Waals surface area contributed by atoms with Crippen LogP contribution in [0.2, 0.25) is 0 Å². The first-order valence-electron chi connectivity index (χ1n) is 12.0. The number of pyridine rings is 1. The Morgan fingerprint density at radius 2 is 1.68 bits per heavy atom. The van der Waals surface area contributed by atoms with Gasteiger partial charge >= 0.3 is 5.97 Å². The average molecular weight is 589 g/mol. The minimum Gasteiger partial charge on any atom is -0.452 e. The van der Waals surface area contributed by atoms with E-state index in [2.05, 4.69) is 10.3 Å². The summed E-state index contributed by atoms with van der Waals surface area (Å²) in [5.74, 6) is -1.43. The quantitative estimate of drug-likeness (QED) is 0.146. The molecule has 206 valence electrons. The number of ether oxygens (including phenoxy) is 1. The van der Waals surface area contributed by atoms with E-state index in [1.807, 2.05) is 36.4 Å². The molecule has 5 rings (SSSR count). The van der Waals surface area contributed by atoms with E-state index in [9.17, 15) is 28.1 Å². The lowest BCUT2D eigenvalue weighted by molar-refractivity contribution is -0.384. The molecule has 11 nitrogen and oxygen atoms in total. The van der Waals surface area contributed by atoms with Gasteiger partial charge < -0.3 is 4.74 Å². The first-order valence-corrected chi connectivity index (χ1v) is 14.3. The van der Waals surface area contributed by atoms with E-state index >= 15 is 0 Å². The molecule has 3 aromatic carbocycles. The SMILES string of the molecule is Cc1c(-c2ccccc2)nc2ccccc2c1C(=O)OCC(=O)Nc1ncc(S(=O)(=O)c2ccc([N+](=O)[O-])cc2)s1. The van der Waals surface area contributed by atoms with Crippen LogP contribution >= 0.6 is 11.3 Å². The lowest BCUT2D eigenvalue weighted by Gasteiger charge is -2.14. The van der Waals surface area contributed by atoms with E-state index in [1.54, 1.807) is 25.1 Å². The summed E-state index contributed by atoms with van der Waals surface area (Å²) in [4.78, 5) is 44.5. The van der Waals surface area contributed by atoms with Gasteiger partial charge in [-0.25, -0.2) is 23.2 Å². The number of thiazole rings is 1. The largest absolute Gasteiger partial charge is 0.452 e. The molecular weight excluding hydrogens is 568 g/mol. The summed E-state index contributed by atoms with van der Waals surface area (Å²) in [7, 11) is -4.02. The predicted octanol–water partition coefficient (Wildman–Crippen LogP) is 5.20. The number of non-ortho nitro benzene ring substituents is 1. The Hall–Kier alpha value is -5.01. The Balaban J connectivity index is 1.30. The van der Waals surface area contributed by atoms with Gasteiger partial charge in [-0.3, -0.25) is 20.2 Å². The standard InChI is InChI=1S/C28H20N4O7S2/c1-17-25(21-9-5-6-10-22(21)30-26(17)18-7-3-2-4-8-18)27(34)39-16-23(33)31-28-29-15-24(40-28)41(37,38)20-13-11-19(12-14-20)32(35)36/h2-15H,16H2,1H3,(H,29,31,33). The normalized spacial score (nSPS) is 11.2. The van der Waals surface area contributed by atoms with Gasteiger partial charge in [-0.05, 0) is 30.7 Å². The van der Waals surface area contributed by atoms with Gasteiger partial charge in [-0.15, -0.1) is 0 Å². The van der Waals surface area contributed by atoms with Crippen LogP contribution < -0.4 is 5.32 Å². The van der Waals surface area contributed by atoms with Crippen LogP contribution in [0.15, 0.2) is 94.2 Å². The minimum absolute atomic E-state index is 0.0246. The van der Waals surface area contributed by atoms with Crippen LogP contribution in [-0.4, -0.2) is 41.8 Å². The molecule has 5 aromatic rings. The molecule has 0 saturated heterocycles. The average Bonchev–Trinajstić information content (AvgIpc) is 3.45. The van der Waals surface area contributed by atoms with Crippen molar-refractivity contribution in [3.05, 3.63) is 106 Å². The number of nitrogens with zero attached hydrogens (tertiary/aromatic N) is 3. The summed E-state index contributed by atoms with van der Waals surface area (Å²) in [6.07, 6.45) is 1.07. The van der Waals surface area contributed by atoms with Gasteiger partial charge in [0.15, 0.2) is 11.7 Å². The molecule has 0 bridgehead atoms. The molecule has 1 amide bonds. The Morgan fingerprint density at radius 1 is 1.00 bits per heavy atom. The molecule has 0 aliphatic heterocycles. The third-order valence-corrected chi connectivity index (χ3v) is 9.22. The van der Waals surface area contributed by atoms with Crippen molar-refractivity contribution in [2.24, 2.45) is 0 Å². The number of anilines is 1. The molecule has 0 aliphatic carbocycles. The fourth-order valence-corrected chi connectivity index (χ4v) is 6.56. The predicted molar refractivity (Wildman–Crippen MR) is 151 cm³/mol. The highest BCUT2D eigenvalue weighted by Gasteiger charge is 2.24. The van der Waals surface area contributed by atoms with Gasteiger partial charge in [0.1, 0.15) is 4.21 Å². The fourth-order valence-electron chi connectivity index (χ4n) is 4.11. The lowest BCUT2D eigenvalue weighted by Crippen LogP contribution is -2.21. The molecule has 2 aromatic heterocycles. The zero-order valence-electron chi connectivity index (χ0n) is 21.3. The lowest BCUT2D eigenvalue weighted by atomic mass is 9.98. The van der Waals surface area contributed by atoms with Gasteiger partial charge in [0.25, 0.3) is 11.6 Å². The first kappa shape index (κ1) is 27.6. The van der Waals surface area contributed by atoms with Crippen molar-refractivity contribution in [3.63, 3.8) is 0 Å². The number of amides is 1. The van der Waals surface area contributed by atoms with Crippen LogP contribution in [0.4, 0.5) is 10.8 Å². The van der Waals surface area contributed by atoms with E-state index in [0.717, 1.165) is 36.0 Å². The number of nitro groups is 1. The van der Waals surface area contributed by atoms with Crippen molar-refractivity contribution in [2.45, 2.75) is 16.0 Å². The van der Waals surface area contributed by atoms with Crippen LogP contribution in [0.5, 0.6) is 0 Å². The number of sulfone groups is 1. The summed E-state index contributed by atoms with van der Waals surface area (Å²) >= 11 is 0.694. The third-order valence-electron chi connectivity index (χ3n) is 6.08. The highest BCUT2D eigenvalue weighted by atomic mass is 32.2. The number of rotatable bonds is 8. The Bertz CT molecular complexity index is 1910. The number of hydrogen-bond donors (Lipinski definition) is 1. The molecule has 0 aliphatic rings. The number of carbonyl (C=O) groups is 2. The summed E-state index contributed by atoms with van der Waals surface area (Å²) in [6.45, 7) is 1.13. The summed E-state index contributed by atoms with van der Waals surface area (Å²) < 4.78 is 30.9. The van der Waals surface area contributed by atoms with Crippen molar-refractivity contribution < 1.29 is 27.7 Å². The number of hydrogen-bond acceptors (Lipinski definition) is 10. The Kier molecular flexibility index (Phi) is 7.55. The monoisotopic (exact) mass is 588 g/mol. The number of nitrogens with one attached hydrogen (secondary N) is 1. The highest BCUT2D eigenvalue weighted by Crippen LogP contribution is 2.31. The van der Waals surface area contributed by atoms with Crippen LogP contribution in [-0.2, 0) is 19.4 Å². The number of carbonyl (C=O) groups excluding carboxylic acids is 2. The van der Waals surface area contributed by atoms with Crippen molar-refractivity contribution in [2.75, 3.05) is 11.9 Å². The summed E-state index contributed by atoms with van der Waals surface area (Å²) in [6, 6.07) is 20.9. The van der Waals surface area contributed by atoms with Gasteiger partial charge in [0.2, 0.25) is 9.84 Å². The fraction of sp³-hybridized carbons (Fsp3) is 0.0714. The Morgan fingerprint density at radius 3 is 2.39 bits per heavy atom. The molecule has 41 heavy (non-hydrogen) atoms. The molecule has 0 unspecified atom stereocenters. The van der Waals surface area contributed by atoms with Crippen LogP contribution in [0.25, 0.3) is 22.2 Å². The van der Waals surface area contributed by atoms with Gasteiger partial charge in [0, 0.05) is 23.1 Å². The van der Waals surface area contributed by atoms with Crippen LogP contribution in [0, 0.1) is 17.0 Å². The first-order chi connectivity index (χ1) is 19.6. The van der Waals surface area contributed by atoms with Gasteiger partial charge in [0.05, 0.1) is 32.8 Å². The van der Waals surface area contributed by atoms with Crippen molar-refractivity contribution in [1.82, 2.24) is 9.97 Å². The smallest absolute Gasteiger partial charge is 0.339 e. The van der Waals surface area contributed by atoms with Gasteiger partial charge in [-0.2, -0.15) is 0 Å². The second-order valence-corrected chi connectivity index (χ2v) is 11.9. The second kappa shape index (κ2) is 11.2. The van der Waals surface area contributed by atoms with E-state index in [1.165, 1.54) is 0 Å². The third kappa shape index (κ3) is 5.66. The van der Waals surface area contributed by atoms with E-state index in [-0.39, 0.29) is 25.5 Å². The van der Waals surface area contributed by atoms with E-state index in [4.69, 9.17) is 9.72 Å². The number of fused-ring (bicyclic) bond motifs is 1. The molecule has 0 saturated carbocycles. The van der Waals surface area contributed by atoms with Crippen molar-refractivity contribution in [1.29, 1.82) is 0 Å². The molecule has 2 heterocycles. The van der Waals surface area contributed by atoms with Crippen LogP contribution in [0.3, 0.4) is 0 Å². The maximum Gasteiger partial charge on any atom is 0.339 e. The topological polar surface area (TPSA) is 158 Å². The zero-order valence-corrected chi connectivity index (χ0v) is 22.9. The second-order valence-electron chi connectivity index (χ2n) is 8.71. The molecule has 1 N–H and O–H groups in total. The zero-order chi connectivity index (χ0) is 29.1. The summed E-state index contributed by atoms with van der Waals surface area (Å²) in [5.41, 5.74) is 2.67. The molecule has 0 radical (unpaired) electrons.